The molecule has 0 spiro atoms. The number of rotatable bonds is 9. The van der Waals surface area contributed by atoms with Gasteiger partial charge < -0.3 is 10.6 Å². The first kappa shape index (κ1) is 23.7. The van der Waals surface area contributed by atoms with Gasteiger partial charge in [-0.2, -0.15) is 11.8 Å². The van der Waals surface area contributed by atoms with Crippen molar-refractivity contribution < 1.29 is 18.0 Å². The summed E-state index contributed by atoms with van der Waals surface area (Å²) in [6.07, 6.45) is 5.18. The summed E-state index contributed by atoms with van der Waals surface area (Å²) in [7, 11) is -3.15. The van der Waals surface area contributed by atoms with Crippen LogP contribution in [0.5, 0.6) is 0 Å². The SMILES string of the molecule is CSCCC(NC(=O)c1cccc(C)c1)C(=O)NCC1CCN(S(C)(=O)=O)CC1. The van der Waals surface area contributed by atoms with E-state index in [1.165, 1.54) is 10.6 Å². The molecule has 0 bridgehead atoms. The van der Waals surface area contributed by atoms with Crippen LogP contribution in [0, 0.1) is 12.8 Å². The summed E-state index contributed by atoms with van der Waals surface area (Å²) in [4.78, 5) is 25.3. The van der Waals surface area contributed by atoms with Gasteiger partial charge in [-0.25, -0.2) is 12.7 Å². The number of thioether (sulfide) groups is 1. The van der Waals surface area contributed by atoms with Crippen LogP contribution in [-0.2, 0) is 14.8 Å². The van der Waals surface area contributed by atoms with Crippen molar-refractivity contribution in [2.45, 2.75) is 32.2 Å². The minimum absolute atomic E-state index is 0.189. The molecule has 2 rings (SSSR count). The molecule has 9 heteroatoms. The van der Waals surface area contributed by atoms with Crippen LogP contribution in [-0.4, -0.2) is 68.5 Å². The molecule has 2 N–H and O–H groups in total. The fraction of sp³-hybridized carbons (Fsp3) is 0.600. The topological polar surface area (TPSA) is 95.6 Å². The lowest BCUT2D eigenvalue weighted by Gasteiger charge is -2.30. The Kier molecular flexibility index (Phi) is 8.98. The summed E-state index contributed by atoms with van der Waals surface area (Å²) in [5.41, 5.74) is 1.53. The van der Waals surface area contributed by atoms with E-state index in [2.05, 4.69) is 10.6 Å². The van der Waals surface area contributed by atoms with Gasteiger partial charge in [-0.1, -0.05) is 17.7 Å². The average molecular weight is 442 g/mol. The van der Waals surface area contributed by atoms with E-state index in [1.54, 1.807) is 23.9 Å². The molecule has 1 aliphatic heterocycles. The molecule has 0 aliphatic carbocycles. The smallest absolute Gasteiger partial charge is 0.251 e. The number of nitrogens with zero attached hydrogens (tertiary/aromatic N) is 1. The molecule has 0 saturated carbocycles. The van der Waals surface area contributed by atoms with E-state index >= 15 is 0 Å². The Hall–Kier alpha value is -1.58. The molecule has 0 radical (unpaired) electrons. The van der Waals surface area contributed by atoms with Crippen LogP contribution in [0.2, 0.25) is 0 Å². The van der Waals surface area contributed by atoms with E-state index in [9.17, 15) is 18.0 Å². The maximum Gasteiger partial charge on any atom is 0.251 e. The standard InChI is InChI=1S/C20H31N3O4S2/c1-15-5-4-6-17(13-15)19(24)22-18(9-12-28-2)20(25)21-14-16-7-10-23(11-8-16)29(3,26)27/h4-6,13,16,18H,7-12,14H2,1-3H3,(H,21,25)(H,22,24). The van der Waals surface area contributed by atoms with Crippen LogP contribution in [0.3, 0.4) is 0 Å². The Balaban J connectivity index is 1.89. The van der Waals surface area contributed by atoms with E-state index < -0.39 is 16.1 Å². The third-order valence-corrected chi connectivity index (χ3v) is 7.07. The van der Waals surface area contributed by atoms with Crippen LogP contribution in [0.15, 0.2) is 24.3 Å². The average Bonchev–Trinajstić information content (AvgIpc) is 2.68. The van der Waals surface area contributed by atoms with Crippen LogP contribution < -0.4 is 10.6 Å². The molecule has 29 heavy (non-hydrogen) atoms. The summed E-state index contributed by atoms with van der Waals surface area (Å²) in [6, 6.07) is 6.69. The van der Waals surface area contributed by atoms with Gasteiger partial charge in [0.25, 0.3) is 5.91 Å². The summed E-state index contributed by atoms with van der Waals surface area (Å²) in [5.74, 6) is 0.562. The molecule has 1 fully saturated rings. The maximum atomic E-state index is 12.7. The van der Waals surface area contributed by atoms with Crippen molar-refractivity contribution in [2.75, 3.05) is 37.9 Å². The highest BCUT2D eigenvalue weighted by molar-refractivity contribution is 7.98. The highest BCUT2D eigenvalue weighted by Crippen LogP contribution is 2.18. The quantitative estimate of drug-likeness (QED) is 0.607. The summed E-state index contributed by atoms with van der Waals surface area (Å²) >= 11 is 1.63. The van der Waals surface area contributed by atoms with Crippen molar-refractivity contribution in [3.8, 4) is 0 Å². The van der Waals surface area contributed by atoms with E-state index in [4.69, 9.17) is 0 Å². The van der Waals surface area contributed by atoms with Gasteiger partial charge in [0.05, 0.1) is 6.26 Å². The number of sulfonamides is 1. The molecular formula is C20H31N3O4S2. The van der Waals surface area contributed by atoms with Crippen molar-refractivity contribution in [3.05, 3.63) is 35.4 Å². The predicted octanol–water partition coefficient (Wildman–Crippen LogP) is 1.63. The lowest BCUT2D eigenvalue weighted by molar-refractivity contribution is -0.123. The Labute approximate surface area is 178 Å². The minimum Gasteiger partial charge on any atom is -0.354 e. The molecule has 2 amide bonds. The summed E-state index contributed by atoms with van der Waals surface area (Å²) in [6.45, 7) is 3.38. The fourth-order valence-corrected chi connectivity index (χ4v) is 4.69. The number of carbonyl (C=O) groups excluding carboxylic acids is 2. The first-order valence-electron chi connectivity index (χ1n) is 9.80. The predicted molar refractivity (Wildman–Crippen MR) is 118 cm³/mol. The number of benzene rings is 1. The normalized spacial score (nSPS) is 16.9. The Morgan fingerprint density at radius 2 is 1.97 bits per heavy atom. The number of hydrogen-bond donors (Lipinski definition) is 2. The van der Waals surface area contributed by atoms with Gasteiger partial charge in [-0.15, -0.1) is 0 Å². The highest BCUT2D eigenvalue weighted by atomic mass is 32.2. The molecule has 7 nitrogen and oxygen atoms in total. The Bertz CT molecular complexity index is 806. The molecule has 1 atom stereocenters. The zero-order valence-electron chi connectivity index (χ0n) is 17.3. The second-order valence-corrected chi connectivity index (χ2v) is 10.5. The summed E-state index contributed by atoms with van der Waals surface area (Å²) in [5, 5.41) is 5.81. The van der Waals surface area contributed by atoms with Gasteiger partial charge in [0.1, 0.15) is 6.04 Å². The Morgan fingerprint density at radius 3 is 2.55 bits per heavy atom. The maximum absolute atomic E-state index is 12.7. The molecule has 162 valence electrons. The van der Waals surface area contributed by atoms with Gasteiger partial charge in [-0.05, 0) is 56.2 Å². The van der Waals surface area contributed by atoms with Gasteiger partial charge in [0, 0.05) is 25.2 Å². The number of nitrogens with one attached hydrogen (secondary N) is 2. The molecule has 1 aliphatic rings. The second kappa shape index (κ2) is 11.0. The summed E-state index contributed by atoms with van der Waals surface area (Å²) < 4.78 is 24.7. The van der Waals surface area contributed by atoms with E-state index in [1.807, 2.05) is 25.3 Å². The van der Waals surface area contributed by atoms with Crippen molar-refractivity contribution in [1.82, 2.24) is 14.9 Å². The third-order valence-electron chi connectivity index (χ3n) is 5.12. The molecule has 1 aromatic rings. The van der Waals surface area contributed by atoms with E-state index in [0.29, 0.717) is 31.6 Å². The number of piperidine rings is 1. The number of carbonyl (C=O) groups is 2. The van der Waals surface area contributed by atoms with E-state index in [-0.39, 0.29) is 17.7 Å². The monoisotopic (exact) mass is 441 g/mol. The molecule has 1 unspecified atom stereocenters. The van der Waals surface area contributed by atoms with Crippen LogP contribution in [0.25, 0.3) is 0 Å². The lowest BCUT2D eigenvalue weighted by atomic mass is 9.98. The van der Waals surface area contributed by atoms with Crippen LogP contribution in [0.4, 0.5) is 0 Å². The minimum atomic E-state index is -3.15. The zero-order valence-corrected chi connectivity index (χ0v) is 18.9. The first-order chi connectivity index (χ1) is 13.7. The fourth-order valence-electron chi connectivity index (χ4n) is 3.35. The number of amides is 2. The van der Waals surface area contributed by atoms with Crippen molar-refractivity contribution in [1.29, 1.82) is 0 Å². The largest absolute Gasteiger partial charge is 0.354 e. The Morgan fingerprint density at radius 1 is 1.28 bits per heavy atom. The zero-order chi connectivity index (χ0) is 21.4. The number of hydrogen-bond acceptors (Lipinski definition) is 5. The first-order valence-corrected chi connectivity index (χ1v) is 13.0. The van der Waals surface area contributed by atoms with Crippen LogP contribution >= 0.6 is 11.8 Å². The second-order valence-electron chi connectivity index (χ2n) is 7.53. The van der Waals surface area contributed by atoms with Gasteiger partial charge in [0.2, 0.25) is 15.9 Å². The van der Waals surface area contributed by atoms with Crippen molar-refractivity contribution >= 4 is 33.6 Å². The molecular weight excluding hydrogens is 410 g/mol. The molecule has 1 saturated heterocycles. The van der Waals surface area contributed by atoms with Crippen molar-refractivity contribution in [3.63, 3.8) is 0 Å². The number of aryl methyl sites for hydroxylation is 1. The van der Waals surface area contributed by atoms with Gasteiger partial charge >= 0.3 is 0 Å². The highest BCUT2D eigenvalue weighted by Gasteiger charge is 2.26. The molecule has 1 heterocycles. The van der Waals surface area contributed by atoms with Gasteiger partial charge in [-0.3, -0.25) is 9.59 Å². The van der Waals surface area contributed by atoms with Gasteiger partial charge in [0.15, 0.2) is 0 Å². The third kappa shape index (κ3) is 7.64. The molecule has 0 aromatic heterocycles. The lowest BCUT2D eigenvalue weighted by Crippen LogP contribution is -2.49. The van der Waals surface area contributed by atoms with Crippen molar-refractivity contribution in [2.24, 2.45) is 5.92 Å². The molecule has 1 aromatic carbocycles. The van der Waals surface area contributed by atoms with Crippen LogP contribution in [0.1, 0.15) is 35.2 Å². The van der Waals surface area contributed by atoms with E-state index in [0.717, 1.165) is 24.2 Å².